The largest absolute Gasteiger partial charge is 0.464 e. The first kappa shape index (κ1) is 33.3. The van der Waals surface area contributed by atoms with Gasteiger partial charge in [0.05, 0.1) is 23.0 Å². The molecule has 0 saturated carbocycles. The third-order valence-corrected chi connectivity index (χ3v) is 11.9. The van der Waals surface area contributed by atoms with E-state index in [1.54, 1.807) is 6.26 Å². The van der Waals surface area contributed by atoms with Crippen LogP contribution >= 0.6 is 0 Å². The van der Waals surface area contributed by atoms with Crippen molar-refractivity contribution in [1.82, 2.24) is 14.5 Å². The topological polar surface area (TPSA) is 43.9 Å². The molecule has 0 aliphatic rings. The molecule has 0 aliphatic heterocycles. The number of nitrogens with zero attached hydrogens (tertiary/aromatic N) is 3. The summed E-state index contributed by atoms with van der Waals surface area (Å²) in [7, 11) is 0. The molecule has 0 aliphatic carbocycles. The molecule has 0 N–H and O–H groups in total. The van der Waals surface area contributed by atoms with Crippen LogP contribution in [0.1, 0.15) is 5.56 Å². The number of aromatic nitrogens is 3. The van der Waals surface area contributed by atoms with E-state index in [-0.39, 0.29) is 0 Å². The Labute approximate surface area is 340 Å². The Balaban J connectivity index is 1.19. The Bertz CT molecular complexity index is 3540. The van der Waals surface area contributed by atoms with Gasteiger partial charge in [0.1, 0.15) is 11.4 Å². The van der Waals surface area contributed by atoms with Gasteiger partial charge in [-0.25, -0.2) is 9.97 Å². The second kappa shape index (κ2) is 13.1. The predicted octanol–water partition coefficient (Wildman–Crippen LogP) is 14.8. The zero-order valence-corrected chi connectivity index (χ0v) is 32.2. The highest BCUT2D eigenvalue weighted by molar-refractivity contribution is 6.29. The first-order valence-corrected chi connectivity index (χ1v) is 20.0. The van der Waals surface area contributed by atoms with E-state index in [1.165, 1.54) is 59.8 Å². The number of para-hydroxylation sites is 1. The third kappa shape index (κ3) is 5.38. The number of hydrogen-bond acceptors (Lipinski definition) is 3. The Kier molecular flexibility index (Phi) is 7.41. The molecule has 0 atom stereocenters. The fourth-order valence-corrected chi connectivity index (χ4v) is 9.05. The van der Waals surface area contributed by atoms with Crippen molar-refractivity contribution in [2.24, 2.45) is 0 Å². The molecule has 59 heavy (non-hydrogen) atoms. The van der Waals surface area contributed by atoms with E-state index in [4.69, 9.17) is 14.4 Å². The highest BCUT2D eigenvalue weighted by Gasteiger charge is 2.20. The maximum absolute atomic E-state index is 6.01. The van der Waals surface area contributed by atoms with Gasteiger partial charge in [-0.1, -0.05) is 151 Å². The van der Waals surface area contributed by atoms with Gasteiger partial charge in [-0.05, 0) is 92.3 Å². The second-order valence-electron chi connectivity index (χ2n) is 15.5. The van der Waals surface area contributed by atoms with Crippen molar-refractivity contribution in [2.45, 2.75) is 6.92 Å². The standard InChI is InChI=1S/C55H35N3O/c1-34-19-21-35(22-20-34)39-24-26-51-48(29-39)49-31-46-43-17-9-8-16-42(43)45-30-40(41-18-10-15-37-27-28-59-54(37)41)23-25-44(45)47(46)32-52(49)58(51)53-33-50(36-11-4-2-5-12-36)56-55(57-53)38-13-6-3-7-14-38/h2-33H,1H3. The fraction of sp³-hybridized carbons (Fsp3) is 0.0182. The van der Waals surface area contributed by atoms with E-state index >= 15 is 0 Å². The molecule has 0 bridgehead atoms. The van der Waals surface area contributed by atoms with Crippen LogP contribution in [0.25, 0.3) is 116 Å². The van der Waals surface area contributed by atoms with Crippen molar-refractivity contribution in [1.29, 1.82) is 0 Å². The normalized spacial score (nSPS) is 11.8. The number of fused-ring (bicyclic) bond motifs is 10. The molecule has 4 nitrogen and oxygen atoms in total. The van der Waals surface area contributed by atoms with Gasteiger partial charge in [0.2, 0.25) is 0 Å². The number of benzene rings is 9. The molecule has 12 aromatic rings. The maximum atomic E-state index is 6.01. The lowest BCUT2D eigenvalue weighted by Gasteiger charge is -2.14. The van der Waals surface area contributed by atoms with Gasteiger partial charge >= 0.3 is 0 Å². The number of rotatable bonds is 5. The second-order valence-corrected chi connectivity index (χ2v) is 15.5. The molecule has 3 aromatic heterocycles. The molecule has 9 aromatic carbocycles. The van der Waals surface area contributed by atoms with Crippen LogP contribution < -0.4 is 0 Å². The molecule has 0 saturated heterocycles. The summed E-state index contributed by atoms with van der Waals surface area (Å²) in [6.45, 7) is 2.13. The average molecular weight is 754 g/mol. The van der Waals surface area contributed by atoms with Gasteiger partial charge in [0.25, 0.3) is 0 Å². The Morgan fingerprint density at radius 2 is 1.05 bits per heavy atom. The first-order chi connectivity index (χ1) is 29.1. The van der Waals surface area contributed by atoms with E-state index in [0.717, 1.165) is 55.8 Å². The molecule has 0 spiro atoms. The van der Waals surface area contributed by atoms with Crippen LogP contribution in [0, 0.1) is 6.92 Å². The summed E-state index contributed by atoms with van der Waals surface area (Å²) >= 11 is 0. The summed E-state index contributed by atoms with van der Waals surface area (Å²) in [5.41, 5.74) is 11.8. The zero-order valence-electron chi connectivity index (χ0n) is 32.2. The van der Waals surface area contributed by atoms with Gasteiger partial charge < -0.3 is 4.42 Å². The van der Waals surface area contributed by atoms with Crippen LogP contribution in [-0.4, -0.2) is 14.5 Å². The van der Waals surface area contributed by atoms with Crippen LogP contribution in [0.4, 0.5) is 0 Å². The molecule has 0 unspecified atom stereocenters. The van der Waals surface area contributed by atoms with Crippen molar-refractivity contribution in [3.8, 4) is 50.7 Å². The highest BCUT2D eigenvalue weighted by atomic mass is 16.3. The minimum atomic E-state index is 0.685. The van der Waals surface area contributed by atoms with Crippen LogP contribution in [-0.2, 0) is 0 Å². The molecule has 0 amide bonds. The summed E-state index contributed by atoms with van der Waals surface area (Å²) in [5.74, 6) is 1.50. The van der Waals surface area contributed by atoms with Gasteiger partial charge in [-0.15, -0.1) is 0 Å². The van der Waals surface area contributed by atoms with Gasteiger partial charge in [-0.2, -0.15) is 0 Å². The molecule has 276 valence electrons. The summed E-state index contributed by atoms with van der Waals surface area (Å²) in [4.78, 5) is 10.5. The van der Waals surface area contributed by atoms with Crippen molar-refractivity contribution in [2.75, 3.05) is 0 Å². The molecular formula is C55H35N3O. The van der Waals surface area contributed by atoms with Crippen molar-refractivity contribution in [3.05, 3.63) is 200 Å². The van der Waals surface area contributed by atoms with Crippen molar-refractivity contribution < 1.29 is 4.42 Å². The maximum Gasteiger partial charge on any atom is 0.162 e. The monoisotopic (exact) mass is 753 g/mol. The predicted molar refractivity (Wildman–Crippen MR) is 245 cm³/mol. The van der Waals surface area contributed by atoms with Crippen LogP contribution in [0.2, 0.25) is 0 Å². The van der Waals surface area contributed by atoms with E-state index in [0.29, 0.717) is 5.82 Å². The molecule has 0 fully saturated rings. The summed E-state index contributed by atoms with van der Waals surface area (Å²) < 4.78 is 8.35. The van der Waals surface area contributed by atoms with E-state index in [9.17, 15) is 0 Å². The minimum Gasteiger partial charge on any atom is -0.464 e. The van der Waals surface area contributed by atoms with Crippen LogP contribution in [0.3, 0.4) is 0 Å². The van der Waals surface area contributed by atoms with E-state index in [1.807, 2.05) is 30.3 Å². The average Bonchev–Trinajstić information content (AvgIpc) is 3.92. The lowest BCUT2D eigenvalue weighted by molar-refractivity contribution is 0.617. The third-order valence-electron chi connectivity index (χ3n) is 11.9. The summed E-state index contributed by atoms with van der Waals surface area (Å²) in [6.07, 6.45) is 1.77. The first-order valence-electron chi connectivity index (χ1n) is 20.0. The SMILES string of the molecule is Cc1ccc(-c2ccc3c(c2)c2cc4c5ccccc5c5cc(-c6cccc7ccoc67)ccc5c4cc2n3-c2cc(-c3ccccc3)nc(-c3ccccc3)n2)cc1. The van der Waals surface area contributed by atoms with Crippen molar-refractivity contribution in [3.63, 3.8) is 0 Å². The lowest BCUT2D eigenvalue weighted by Crippen LogP contribution is -2.02. The number of aryl methyl sites for hydroxylation is 1. The van der Waals surface area contributed by atoms with Gasteiger partial charge in [0, 0.05) is 38.9 Å². The van der Waals surface area contributed by atoms with E-state index in [2.05, 4.69) is 169 Å². The van der Waals surface area contributed by atoms with Crippen LogP contribution in [0.5, 0.6) is 0 Å². The fourth-order valence-electron chi connectivity index (χ4n) is 9.05. The smallest absolute Gasteiger partial charge is 0.162 e. The van der Waals surface area contributed by atoms with Crippen LogP contribution in [0.15, 0.2) is 199 Å². The zero-order chi connectivity index (χ0) is 39.0. The number of hydrogen-bond donors (Lipinski definition) is 0. The molecule has 12 rings (SSSR count). The summed E-state index contributed by atoms with van der Waals surface area (Å²) in [5, 5.41) is 10.7. The van der Waals surface area contributed by atoms with Gasteiger partial charge in [0.15, 0.2) is 5.82 Å². The van der Waals surface area contributed by atoms with E-state index < -0.39 is 0 Å². The molecular weight excluding hydrogens is 719 g/mol. The quantitative estimate of drug-likeness (QED) is 0.164. The Hall–Kier alpha value is -7.82. The highest BCUT2D eigenvalue weighted by Crippen LogP contribution is 2.43. The molecule has 3 heterocycles. The van der Waals surface area contributed by atoms with Gasteiger partial charge in [-0.3, -0.25) is 4.57 Å². The number of furan rings is 1. The Morgan fingerprint density at radius 3 is 1.85 bits per heavy atom. The lowest BCUT2D eigenvalue weighted by atomic mass is 9.91. The minimum absolute atomic E-state index is 0.685. The molecule has 0 radical (unpaired) electrons. The summed E-state index contributed by atoms with van der Waals surface area (Å²) in [6, 6.07) is 67.4. The van der Waals surface area contributed by atoms with Crippen molar-refractivity contribution >= 4 is 65.1 Å². The molecule has 4 heteroatoms. The Morgan fingerprint density at radius 1 is 0.407 bits per heavy atom.